The van der Waals surface area contributed by atoms with Gasteiger partial charge in [-0.3, -0.25) is 19.5 Å². The first kappa shape index (κ1) is 23.2. The first-order valence-corrected chi connectivity index (χ1v) is 11.6. The summed E-state index contributed by atoms with van der Waals surface area (Å²) in [6, 6.07) is 8.62. The summed E-state index contributed by atoms with van der Waals surface area (Å²) in [5, 5.41) is 16.8. The smallest absolute Gasteiger partial charge is 0.263 e. The van der Waals surface area contributed by atoms with Crippen LogP contribution < -0.4 is 25.7 Å². The Hall–Kier alpha value is -3.54. The highest BCUT2D eigenvalue weighted by atomic mass is 16.5. The van der Waals surface area contributed by atoms with Gasteiger partial charge in [0.2, 0.25) is 0 Å². The summed E-state index contributed by atoms with van der Waals surface area (Å²) < 4.78 is 12.3. The fourth-order valence-corrected chi connectivity index (χ4v) is 4.51. The number of carbonyl (C=O) groups excluding carboxylic acids is 1. The quantitative estimate of drug-likeness (QED) is 0.439. The van der Waals surface area contributed by atoms with Gasteiger partial charge in [-0.1, -0.05) is 0 Å². The molecule has 0 bridgehead atoms. The summed E-state index contributed by atoms with van der Waals surface area (Å²) in [5.74, 6) is 1.36. The standard InChI is InChI=1S/C24H28N6O5/c1-34-16-10-19-17(26-12-16)3-5-23(33)30(19)9-8-29-7-6-18(20(31)13-29)25-11-15-2-4-21-24(27-15)28-22(32)14-35-21/h2-5,10,12,18,20,25,31H,6-9,11,13-14H2,1H3,(H,27,28,32)/t18-,20+/m0/s1. The van der Waals surface area contributed by atoms with Crippen molar-refractivity contribution in [3.05, 3.63) is 52.6 Å². The van der Waals surface area contributed by atoms with E-state index < -0.39 is 6.10 Å². The molecule has 3 aromatic heterocycles. The van der Waals surface area contributed by atoms with Gasteiger partial charge in [-0.2, -0.15) is 0 Å². The molecule has 2 aliphatic rings. The van der Waals surface area contributed by atoms with Gasteiger partial charge in [0.15, 0.2) is 18.2 Å². The lowest BCUT2D eigenvalue weighted by molar-refractivity contribution is -0.118. The molecule has 0 saturated carbocycles. The highest BCUT2D eigenvalue weighted by molar-refractivity contribution is 5.94. The fourth-order valence-electron chi connectivity index (χ4n) is 4.51. The minimum absolute atomic E-state index is 0.00272. The van der Waals surface area contributed by atoms with Gasteiger partial charge in [0, 0.05) is 44.4 Å². The Morgan fingerprint density at radius 2 is 2.14 bits per heavy atom. The van der Waals surface area contributed by atoms with Crippen molar-refractivity contribution in [2.45, 2.75) is 31.7 Å². The van der Waals surface area contributed by atoms with Crippen molar-refractivity contribution in [3.8, 4) is 11.5 Å². The zero-order valence-corrected chi connectivity index (χ0v) is 19.4. The van der Waals surface area contributed by atoms with Crippen LogP contribution in [0.4, 0.5) is 5.82 Å². The van der Waals surface area contributed by atoms with Crippen LogP contribution >= 0.6 is 0 Å². The average molecular weight is 481 g/mol. The summed E-state index contributed by atoms with van der Waals surface area (Å²) in [6.07, 6.45) is 1.83. The van der Waals surface area contributed by atoms with Gasteiger partial charge in [0.25, 0.3) is 11.5 Å². The molecule has 3 aromatic rings. The molecule has 184 valence electrons. The summed E-state index contributed by atoms with van der Waals surface area (Å²) in [7, 11) is 1.57. The molecule has 0 aromatic carbocycles. The van der Waals surface area contributed by atoms with Crippen molar-refractivity contribution < 1.29 is 19.4 Å². The Balaban J connectivity index is 1.17. The van der Waals surface area contributed by atoms with Gasteiger partial charge in [-0.05, 0) is 31.2 Å². The minimum atomic E-state index is -0.560. The number of piperidine rings is 1. The lowest BCUT2D eigenvalue weighted by Crippen LogP contribution is -2.53. The zero-order valence-electron chi connectivity index (χ0n) is 19.4. The van der Waals surface area contributed by atoms with E-state index in [1.165, 1.54) is 6.07 Å². The van der Waals surface area contributed by atoms with Crippen LogP contribution in [0.5, 0.6) is 11.5 Å². The second kappa shape index (κ2) is 9.98. The Labute approximate surface area is 201 Å². The number of rotatable bonds is 7. The largest absolute Gasteiger partial charge is 0.495 e. The third-order valence-electron chi connectivity index (χ3n) is 6.43. The number of carbonyl (C=O) groups is 1. The number of fused-ring (bicyclic) bond motifs is 2. The minimum Gasteiger partial charge on any atom is -0.495 e. The molecule has 1 saturated heterocycles. The number of aliphatic hydroxyl groups is 1. The normalized spacial score (nSPS) is 20.2. The van der Waals surface area contributed by atoms with Crippen molar-refractivity contribution in [3.63, 3.8) is 0 Å². The van der Waals surface area contributed by atoms with Gasteiger partial charge >= 0.3 is 0 Å². The molecule has 2 atom stereocenters. The summed E-state index contributed by atoms with van der Waals surface area (Å²) in [6.45, 7) is 2.87. The number of pyridine rings is 3. The van der Waals surface area contributed by atoms with Gasteiger partial charge in [-0.15, -0.1) is 0 Å². The van der Waals surface area contributed by atoms with Crippen LogP contribution in [-0.4, -0.2) is 75.9 Å². The molecule has 5 rings (SSSR count). The van der Waals surface area contributed by atoms with Crippen molar-refractivity contribution in [1.29, 1.82) is 0 Å². The fraction of sp³-hybridized carbons (Fsp3) is 0.417. The number of nitrogens with zero attached hydrogens (tertiary/aromatic N) is 4. The predicted molar refractivity (Wildman–Crippen MR) is 129 cm³/mol. The number of β-amino-alcohol motifs (C(OH)–C–C–N with tert-alkyl or cyclic N) is 1. The lowest BCUT2D eigenvalue weighted by Gasteiger charge is -2.36. The number of nitrogens with one attached hydrogen (secondary N) is 2. The number of ether oxygens (including phenoxy) is 2. The zero-order chi connectivity index (χ0) is 24.4. The van der Waals surface area contributed by atoms with Gasteiger partial charge in [0.1, 0.15) is 5.75 Å². The van der Waals surface area contributed by atoms with Crippen LogP contribution in [0.2, 0.25) is 0 Å². The van der Waals surface area contributed by atoms with Crippen molar-refractivity contribution in [2.75, 3.05) is 38.7 Å². The maximum Gasteiger partial charge on any atom is 0.263 e. The molecule has 3 N–H and O–H groups in total. The number of aromatic nitrogens is 3. The number of aliphatic hydroxyl groups excluding tert-OH is 1. The van der Waals surface area contributed by atoms with Crippen molar-refractivity contribution in [2.24, 2.45) is 0 Å². The maximum atomic E-state index is 12.5. The van der Waals surface area contributed by atoms with Crippen LogP contribution in [0.15, 0.2) is 41.3 Å². The van der Waals surface area contributed by atoms with E-state index in [2.05, 4.69) is 25.5 Å². The van der Waals surface area contributed by atoms with Gasteiger partial charge in [0.05, 0.1) is 36.1 Å². The monoisotopic (exact) mass is 480 g/mol. The molecular weight excluding hydrogens is 452 g/mol. The van der Waals surface area contributed by atoms with Crippen LogP contribution in [0, 0.1) is 0 Å². The molecule has 0 aliphatic carbocycles. The molecule has 1 fully saturated rings. The number of anilines is 1. The van der Waals surface area contributed by atoms with E-state index in [4.69, 9.17) is 9.47 Å². The first-order chi connectivity index (χ1) is 17.0. The highest BCUT2D eigenvalue weighted by Gasteiger charge is 2.27. The van der Waals surface area contributed by atoms with E-state index in [0.29, 0.717) is 43.5 Å². The Morgan fingerprint density at radius 1 is 1.26 bits per heavy atom. The van der Waals surface area contributed by atoms with Gasteiger partial charge in [-0.25, -0.2) is 4.98 Å². The molecule has 1 amide bonds. The second-order valence-corrected chi connectivity index (χ2v) is 8.73. The highest BCUT2D eigenvalue weighted by Crippen LogP contribution is 2.25. The SMILES string of the molecule is COc1cnc2ccc(=O)n(CCN3CC[C@H](NCc4ccc5c(n4)NC(=O)CO5)[C@H](O)C3)c2c1. The van der Waals surface area contributed by atoms with Crippen LogP contribution in [0.3, 0.4) is 0 Å². The lowest BCUT2D eigenvalue weighted by atomic mass is 10.0. The summed E-state index contributed by atoms with van der Waals surface area (Å²) >= 11 is 0. The molecule has 0 radical (unpaired) electrons. The number of hydrogen-bond acceptors (Lipinski definition) is 9. The third kappa shape index (κ3) is 5.11. The van der Waals surface area contributed by atoms with E-state index in [1.54, 1.807) is 30.0 Å². The van der Waals surface area contributed by atoms with Gasteiger partial charge < -0.3 is 29.8 Å². The molecule has 35 heavy (non-hydrogen) atoms. The average Bonchev–Trinajstić information content (AvgIpc) is 2.87. The molecule has 11 nitrogen and oxygen atoms in total. The van der Waals surface area contributed by atoms with E-state index in [9.17, 15) is 14.7 Å². The molecule has 5 heterocycles. The van der Waals surface area contributed by atoms with E-state index in [-0.39, 0.29) is 24.1 Å². The predicted octanol–water partition coefficient (Wildman–Crippen LogP) is 0.356. The van der Waals surface area contributed by atoms with Crippen LogP contribution in [-0.2, 0) is 17.9 Å². The molecular formula is C24H28N6O5. The molecule has 11 heteroatoms. The Bertz CT molecular complexity index is 1300. The summed E-state index contributed by atoms with van der Waals surface area (Å²) in [4.78, 5) is 35.0. The van der Waals surface area contributed by atoms with E-state index in [0.717, 1.165) is 29.7 Å². The van der Waals surface area contributed by atoms with E-state index in [1.807, 2.05) is 12.1 Å². The van der Waals surface area contributed by atoms with Crippen molar-refractivity contribution >= 4 is 22.8 Å². The molecule has 2 aliphatic heterocycles. The topological polar surface area (TPSA) is 131 Å². The summed E-state index contributed by atoms with van der Waals surface area (Å²) in [5.41, 5.74) is 2.12. The van der Waals surface area contributed by atoms with Crippen LogP contribution in [0.25, 0.3) is 11.0 Å². The first-order valence-electron chi connectivity index (χ1n) is 11.6. The number of amides is 1. The number of hydrogen-bond donors (Lipinski definition) is 3. The Morgan fingerprint density at radius 3 is 2.97 bits per heavy atom. The third-order valence-corrected chi connectivity index (χ3v) is 6.43. The number of methoxy groups -OCH3 is 1. The molecule has 0 unspecified atom stereocenters. The second-order valence-electron chi connectivity index (χ2n) is 8.73. The maximum absolute atomic E-state index is 12.5. The van der Waals surface area contributed by atoms with Crippen LogP contribution in [0.1, 0.15) is 12.1 Å². The van der Waals surface area contributed by atoms with E-state index >= 15 is 0 Å². The Kier molecular flexibility index (Phi) is 6.62. The number of likely N-dealkylation sites (tertiary alicyclic amines) is 1. The molecule has 0 spiro atoms. The van der Waals surface area contributed by atoms with Crippen molar-refractivity contribution in [1.82, 2.24) is 24.8 Å².